The van der Waals surface area contributed by atoms with Crippen LogP contribution in [0.1, 0.15) is 49.9 Å². The SMILES string of the molecule is COc1cc2c(c3c1OC(C)(C)C3)C(c1cccc(NS(=O)(=O)N(C)C)c1)=NC(C)(C)C2. The number of hydrogen-bond acceptors (Lipinski definition) is 5. The summed E-state index contributed by atoms with van der Waals surface area (Å²) in [6.07, 6.45) is 1.52. The van der Waals surface area contributed by atoms with E-state index in [-0.39, 0.29) is 11.1 Å². The van der Waals surface area contributed by atoms with Gasteiger partial charge in [-0.2, -0.15) is 12.7 Å². The molecule has 2 aliphatic rings. The minimum atomic E-state index is -3.61. The summed E-state index contributed by atoms with van der Waals surface area (Å²) in [6, 6.07) is 9.45. The molecule has 8 heteroatoms. The predicted octanol–water partition coefficient (Wildman–Crippen LogP) is 3.80. The lowest BCUT2D eigenvalue weighted by atomic mass is 9.81. The predicted molar refractivity (Wildman–Crippen MR) is 127 cm³/mol. The largest absolute Gasteiger partial charge is 0.493 e. The molecule has 0 bridgehead atoms. The smallest absolute Gasteiger partial charge is 0.301 e. The number of ether oxygens (including phenoxy) is 2. The minimum Gasteiger partial charge on any atom is -0.493 e. The Hall–Kier alpha value is -2.58. The molecule has 2 heterocycles. The Bertz CT molecular complexity index is 1210. The van der Waals surface area contributed by atoms with Crippen molar-refractivity contribution in [3.63, 3.8) is 0 Å². The number of benzene rings is 2. The number of anilines is 1. The van der Waals surface area contributed by atoms with Crippen molar-refractivity contribution in [1.29, 1.82) is 0 Å². The highest BCUT2D eigenvalue weighted by molar-refractivity contribution is 7.90. The number of nitrogens with zero attached hydrogens (tertiary/aromatic N) is 2. The lowest BCUT2D eigenvalue weighted by Gasteiger charge is -2.31. The summed E-state index contributed by atoms with van der Waals surface area (Å²) >= 11 is 0. The van der Waals surface area contributed by atoms with E-state index in [1.165, 1.54) is 14.1 Å². The molecule has 0 saturated carbocycles. The maximum Gasteiger partial charge on any atom is 0.301 e. The fourth-order valence-electron chi connectivity index (χ4n) is 4.40. The van der Waals surface area contributed by atoms with Gasteiger partial charge >= 0.3 is 10.2 Å². The average Bonchev–Trinajstić information content (AvgIpc) is 3.00. The molecule has 2 aromatic rings. The van der Waals surface area contributed by atoms with Crippen LogP contribution in [0.3, 0.4) is 0 Å². The van der Waals surface area contributed by atoms with E-state index in [1.54, 1.807) is 13.2 Å². The van der Waals surface area contributed by atoms with Gasteiger partial charge in [0.05, 0.1) is 24.0 Å². The molecule has 0 fully saturated rings. The van der Waals surface area contributed by atoms with Gasteiger partial charge in [0.2, 0.25) is 0 Å². The Morgan fingerprint density at radius 3 is 2.50 bits per heavy atom. The van der Waals surface area contributed by atoms with Crippen molar-refractivity contribution in [3.8, 4) is 11.5 Å². The van der Waals surface area contributed by atoms with Crippen molar-refractivity contribution in [2.45, 2.75) is 51.7 Å². The first kappa shape index (κ1) is 22.6. The zero-order valence-corrected chi connectivity index (χ0v) is 20.6. The van der Waals surface area contributed by atoms with Crippen molar-refractivity contribution in [2.75, 3.05) is 25.9 Å². The molecule has 172 valence electrons. The van der Waals surface area contributed by atoms with Crippen LogP contribution in [0.4, 0.5) is 5.69 Å². The molecule has 0 atom stereocenters. The van der Waals surface area contributed by atoms with E-state index >= 15 is 0 Å². The zero-order chi connectivity index (χ0) is 23.5. The van der Waals surface area contributed by atoms with Crippen LogP contribution in [0.25, 0.3) is 0 Å². The van der Waals surface area contributed by atoms with Gasteiger partial charge in [-0.1, -0.05) is 12.1 Å². The van der Waals surface area contributed by atoms with E-state index < -0.39 is 10.2 Å². The maximum absolute atomic E-state index is 12.3. The van der Waals surface area contributed by atoms with Gasteiger partial charge in [0.15, 0.2) is 11.5 Å². The molecule has 0 radical (unpaired) electrons. The quantitative estimate of drug-likeness (QED) is 0.741. The standard InChI is InChI=1S/C24H31N3O4S/c1-23(2)13-16-12-19(30-7)22-18(14-24(3,4)31-22)20(16)21(25-23)15-9-8-10-17(11-15)26-32(28,29)27(5)6/h8-12,26H,13-14H2,1-7H3. The lowest BCUT2D eigenvalue weighted by molar-refractivity contribution is 0.134. The third kappa shape index (κ3) is 4.09. The summed E-state index contributed by atoms with van der Waals surface area (Å²) in [7, 11) is 1.05. The van der Waals surface area contributed by atoms with Crippen molar-refractivity contribution < 1.29 is 17.9 Å². The second kappa shape index (κ2) is 7.49. The van der Waals surface area contributed by atoms with Crippen molar-refractivity contribution in [1.82, 2.24) is 4.31 Å². The summed E-state index contributed by atoms with van der Waals surface area (Å²) < 4.78 is 40.4. The highest BCUT2D eigenvalue weighted by Gasteiger charge is 2.39. The molecule has 1 N–H and O–H groups in total. The van der Waals surface area contributed by atoms with E-state index in [0.717, 1.165) is 56.6 Å². The monoisotopic (exact) mass is 457 g/mol. The molecule has 0 saturated heterocycles. The molecule has 0 aliphatic carbocycles. The number of aliphatic imine (C=N–C) groups is 1. The summed E-state index contributed by atoms with van der Waals surface area (Å²) in [5, 5.41) is 0. The van der Waals surface area contributed by atoms with Gasteiger partial charge in [-0.15, -0.1) is 0 Å². The lowest BCUT2D eigenvalue weighted by Crippen LogP contribution is -2.31. The Balaban J connectivity index is 1.88. The molecule has 2 aliphatic heterocycles. The zero-order valence-electron chi connectivity index (χ0n) is 19.7. The normalized spacial score (nSPS) is 18.4. The molecule has 0 amide bonds. The fourth-order valence-corrected chi connectivity index (χ4v) is 5.01. The number of fused-ring (bicyclic) bond motifs is 3. The molecule has 0 aromatic heterocycles. The third-order valence-electron chi connectivity index (χ3n) is 5.76. The van der Waals surface area contributed by atoms with E-state index in [0.29, 0.717) is 5.69 Å². The Kier molecular flexibility index (Phi) is 5.29. The average molecular weight is 458 g/mol. The molecule has 7 nitrogen and oxygen atoms in total. The van der Waals surface area contributed by atoms with Gasteiger partial charge in [0.1, 0.15) is 5.60 Å². The number of nitrogens with one attached hydrogen (secondary N) is 1. The molecular formula is C24H31N3O4S. The van der Waals surface area contributed by atoms with E-state index in [4.69, 9.17) is 14.5 Å². The van der Waals surface area contributed by atoms with Gasteiger partial charge in [-0.25, -0.2) is 0 Å². The van der Waals surface area contributed by atoms with Gasteiger partial charge in [0.25, 0.3) is 0 Å². The second-order valence-corrected chi connectivity index (χ2v) is 11.8. The number of rotatable bonds is 5. The van der Waals surface area contributed by atoms with Crippen LogP contribution >= 0.6 is 0 Å². The summed E-state index contributed by atoms with van der Waals surface area (Å²) in [6.45, 7) is 8.35. The first-order valence-corrected chi connectivity index (χ1v) is 12.1. The van der Waals surface area contributed by atoms with Crippen molar-refractivity contribution >= 4 is 21.6 Å². The van der Waals surface area contributed by atoms with E-state index in [9.17, 15) is 8.42 Å². The number of methoxy groups -OCH3 is 1. The maximum atomic E-state index is 12.3. The highest BCUT2D eigenvalue weighted by atomic mass is 32.2. The number of hydrogen-bond donors (Lipinski definition) is 1. The van der Waals surface area contributed by atoms with Gasteiger partial charge in [-0.05, 0) is 57.9 Å². The van der Waals surface area contributed by atoms with Crippen LogP contribution in [-0.4, -0.2) is 50.8 Å². The molecule has 0 spiro atoms. The molecule has 32 heavy (non-hydrogen) atoms. The minimum absolute atomic E-state index is 0.310. The van der Waals surface area contributed by atoms with Gasteiger partial charge < -0.3 is 9.47 Å². The van der Waals surface area contributed by atoms with Crippen LogP contribution in [0, 0.1) is 0 Å². The summed E-state index contributed by atoms with van der Waals surface area (Å²) in [5.74, 6) is 1.52. The Morgan fingerprint density at radius 1 is 1.12 bits per heavy atom. The molecular weight excluding hydrogens is 426 g/mol. The topological polar surface area (TPSA) is 80.2 Å². The van der Waals surface area contributed by atoms with Crippen molar-refractivity contribution in [2.24, 2.45) is 4.99 Å². The molecule has 2 aromatic carbocycles. The highest BCUT2D eigenvalue weighted by Crippen LogP contribution is 2.47. The first-order valence-electron chi connectivity index (χ1n) is 10.6. The Morgan fingerprint density at radius 2 is 1.84 bits per heavy atom. The third-order valence-corrected chi connectivity index (χ3v) is 7.22. The van der Waals surface area contributed by atoms with E-state index in [2.05, 4.69) is 38.5 Å². The van der Waals surface area contributed by atoms with Crippen LogP contribution in [0.2, 0.25) is 0 Å². The van der Waals surface area contributed by atoms with Crippen LogP contribution in [0.5, 0.6) is 11.5 Å². The van der Waals surface area contributed by atoms with Gasteiger partial charge in [-0.3, -0.25) is 9.71 Å². The van der Waals surface area contributed by atoms with Crippen LogP contribution < -0.4 is 14.2 Å². The van der Waals surface area contributed by atoms with Crippen molar-refractivity contribution in [3.05, 3.63) is 52.6 Å². The second-order valence-electron chi connectivity index (χ2n) is 9.88. The Labute approximate surface area is 190 Å². The van der Waals surface area contributed by atoms with Crippen LogP contribution in [0.15, 0.2) is 35.3 Å². The molecule has 0 unspecified atom stereocenters. The van der Waals surface area contributed by atoms with Crippen LogP contribution in [-0.2, 0) is 23.1 Å². The van der Waals surface area contributed by atoms with Gasteiger partial charge in [0, 0.05) is 37.2 Å². The molecule has 4 rings (SSSR count). The summed E-state index contributed by atoms with van der Waals surface area (Å²) in [5.41, 5.74) is 4.87. The summed E-state index contributed by atoms with van der Waals surface area (Å²) in [4.78, 5) is 5.11. The van der Waals surface area contributed by atoms with E-state index in [1.807, 2.05) is 18.2 Å². The first-order chi connectivity index (χ1) is 14.8. The fraction of sp³-hybridized carbons (Fsp3) is 0.458.